The predicted octanol–water partition coefficient (Wildman–Crippen LogP) is -0.662. The van der Waals surface area contributed by atoms with E-state index >= 15 is 0 Å². The van der Waals surface area contributed by atoms with Crippen LogP contribution in [0.4, 0.5) is 5.82 Å². The SMILES string of the molecule is OCC1CCCN1c1nc(C2O[C@H](CO)[C@@H](O)[C@H]2O)nc2ccoc12. The Hall–Kier alpha value is -1.78. The first-order chi connectivity index (χ1) is 12.1. The molecular weight excluding hydrogens is 330 g/mol. The number of ether oxygens (including phenoxy) is 1. The second-order valence-electron chi connectivity index (χ2n) is 6.47. The summed E-state index contributed by atoms with van der Waals surface area (Å²) in [6.45, 7) is 0.330. The number of aromatic nitrogens is 2. The maximum atomic E-state index is 10.2. The van der Waals surface area contributed by atoms with Crippen LogP contribution in [0, 0.1) is 0 Å². The quantitative estimate of drug-likeness (QED) is 0.566. The Morgan fingerprint density at radius 2 is 2.00 bits per heavy atom. The Labute approximate surface area is 143 Å². The number of aliphatic hydroxyl groups is 4. The summed E-state index contributed by atoms with van der Waals surface area (Å²) >= 11 is 0. The Morgan fingerprint density at radius 1 is 1.16 bits per heavy atom. The molecule has 4 rings (SSSR count). The summed E-state index contributed by atoms with van der Waals surface area (Å²) in [7, 11) is 0. The summed E-state index contributed by atoms with van der Waals surface area (Å²) in [5, 5.41) is 39.1. The fourth-order valence-corrected chi connectivity index (χ4v) is 3.60. The Balaban J connectivity index is 1.76. The zero-order valence-corrected chi connectivity index (χ0v) is 13.5. The van der Waals surface area contributed by atoms with Crippen molar-refractivity contribution in [3.05, 3.63) is 18.2 Å². The minimum absolute atomic E-state index is 0.00932. The van der Waals surface area contributed by atoms with Gasteiger partial charge in [0.1, 0.15) is 29.9 Å². The number of fused-ring (bicyclic) bond motifs is 1. The fraction of sp³-hybridized carbons (Fsp3) is 0.625. The van der Waals surface area contributed by atoms with E-state index in [2.05, 4.69) is 9.97 Å². The summed E-state index contributed by atoms with van der Waals surface area (Å²) < 4.78 is 11.1. The maximum Gasteiger partial charge on any atom is 0.194 e. The second kappa shape index (κ2) is 6.50. The molecule has 2 unspecified atom stereocenters. The van der Waals surface area contributed by atoms with Crippen molar-refractivity contribution in [3.8, 4) is 0 Å². The molecule has 0 spiro atoms. The molecule has 25 heavy (non-hydrogen) atoms. The molecule has 4 N–H and O–H groups in total. The molecule has 0 radical (unpaired) electrons. The standard InChI is InChI=1S/C16H21N3O6/c20-6-8-2-1-4-19(8)16-13-9(3-5-24-13)17-15(18-16)14-12(23)11(22)10(7-21)25-14/h3,5,8,10-12,14,20-23H,1-2,4,6-7H2/t8?,10-,11-,12-,14?/m1/s1. The van der Waals surface area contributed by atoms with E-state index in [-0.39, 0.29) is 18.5 Å². The Bertz CT molecular complexity index is 753. The lowest BCUT2D eigenvalue weighted by Crippen LogP contribution is -2.34. The van der Waals surface area contributed by atoms with E-state index in [9.17, 15) is 20.4 Å². The summed E-state index contributed by atoms with van der Waals surface area (Å²) in [6.07, 6.45) is -0.981. The first-order valence-corrected chi connectivity index (χ1v) is 8.39. The summed E-state index contributed by atoms with van der Waals surface area (Å²) in [5.41, 5.74) is 1.07. The molecule has 0 aromatic carbocycles. The third-order valence-corrected chi connectivity index (χ3v) is 4.96. The van der Waals surface area contributed by atoms with Crippen LogP contribution in [0.5, 0.6) is 0 Å². The number of hydrogen-bond donors (Lipinski definition) is 4. The van der Waals surface area contributed by atoms with Gasteiger partial charge in [0.05, 0.1) is 25.5 Å². The van der Waals surface area contributed by atoms with Crippen molar-refractivity contribution in [2.24, 2.45) is 0 Å². The molecule has 4 heterocycles. The van der Waals surface area contributed by atoms with E-state index in [1.54, 1.807) is 6.07 Å². The highest BCUT2D eigenvalue weighted by atomic mass is 16.6. The van der Waals surface area contributed by atoms with Crippen LogP contribution in [-0.2, 0) is 4.74 Å². The molecular formula is C16H21N3O6. The van der Waals surface area contributed by atoms with Gasteiger partial charge in [0.2, 0.25) is 0 Å². The maximum absolute atomic E-state index is 10.2. The van der Waals surface area contributed by atoms with Gasteiger partial charge in [0, 0.05) is 12.6 Å². The van der Waals surface area contributed by atoms with Gasteiger partial charge in [-0.25, -0.2) is 9.97 Å². The molecule has 9 nitrogen and oxygen atoms in total. The number of aliphatic hydroxyl groups excluding tert-OH is 4. The van der Waals surface area contributed by atoms with Crippen LogP contribution in [0.2, 0.25) is 0 Å². The molecule has 9 heteroatoms. The average Bonchev–Trinajstić information content (AvgIpc) is 3.34. The fourth-order valence-electron chi connectivity index (χ4n) is 3.60. The molecule has 0 amide bonds. The van der Waals surface area contributed by atoms with E-state index in [0.29, 0.717) is 16.9 Å². The molecule has 2 aromatic heterocycles. The first-order valence-electron chi connectivity index (χ1n) is 8.39. The van der Waals surface area contributed by atoms with E-state index < -0.39 is 31.0 Å². The third-order valence-electron chi connectivity index (χ3n) is 4.96. The largest absolute Gasteiger partial charge is 0.459 e. The van der Waals surface area contributed by atoms with Gasteiger partial charge in [-0.2, -0.15) is 0 Å². The summed E-state index contributed by atoms with van der Waals surface area (Å²) in [6, 6.07) is 1.64. The third kappa shape index (κ3) is 2.68. The number of rotatable bonds is 4. The highest BCUT2D eigenvalue weighted by Crippen LogP contribution is 2.36. The smallest absolute Gasteiger partial charge is 0.194 e. The topological polar surface area (TPSA) is 132 Å². The number of hydrogen-bond acceptors (Lipinski definition) is 9. The van der Waals surface area contributed by atoms with Crippen molar-refractivity contribution < 1.29 is 29.6 Å². The van der Waals surface area contributed by atoms with Crippen LogP contribution in [-0.4, -0.2) is 74.5 Å². The molecule has 0 saturated carbocycles. The van der Waals surface area contributed by atoms with Crippen LogP contribution < -0.4 is 4.90 Å². The molecule has 0 aliphatic carbocycles. The molecule has 2 aliphatic heterocycles. The van der Waals surface area contributed by atoms with Crippen molar-refractivity contribution in [2.75, 3.05) is 24.7 Å². The van der Waals surface area contributed by atoms with Crippen molar-refractivity contribution in [1.82, 2.24) is 9.97 Å². The van der Waals surface area contributed by atoms with Crippen LogP contribution >= 0.6 is 0 Å². The van der Waals surface area contributed by atoms with Gasteiger partial charge in [-0.3, -0.25) is 0 Å². The van der Waals surface area contributed by atoms with E-state index in [1.807, 2.05) is 4.90 Å². The van der Waals surface area contributed by atoms with Crippen LogP contribution in [0.3, 0.4) is 0 Å². The van der Waals surface area contributed by atoms with Crippen LogP contribution in [0.15, 0.2) is 16.7 Å². The lowest BCUT2D eigenvalue weighted by Gasteiger charge is -2.25. The lowest BCUT2D eigenvalue weighted by molar-refractivity contribution is -0.0251. The normalized spacial score (nSPS) is 32.8. The van der Waals surface area contributed by atoms with Gasteiger partial charge in [0.25, 0.3) is 0 Å². The minimum atomic E-state index is -1.23. The molecule has 2 aromatic rings. The molecule has 0 bridgehead atoms. The summed E-state index contributed by atoms with van der Waals surface area (Å²) in [4.78, 5) is 10.9. The van der Waals surface area contributed by atoms with Crippen LogP contribution in [0.1, 0.15) is 24.8 Å². The number of nitrogens with zero attached hydrogens (tertiary/aromatic N) is 3. The van der Waals surface area contributed by atoms with Gasteiger partial charge in [-0.15, -0.1) is 0 Å². The molecule has 136 valence electrons. The van der Waals surface area contributed by atoms with Crippen molar-refractivity contribution >= 4 is 16.9 Å². The molecule has 2 aliphatic rings. The van der Waals surface area contributed by atoms with Crippen molar-refractivity contribution in [3.63, 3.8) is 0 Å². The van der Waals surface area contributed by atoms with Crippen molar-refractivity contribution in [1.29, 1.82) is 0 Å². The highest BCUT2D eigenvalue weighted by molar-refractivity contribution is 5.84. The molecule has 2 saturated heterocycles. The monoisotopic (exact) mass is 351 g/mol. The van der Waals surface area contributed by atoms with E-state index in [0.717, 1.165) is 19.4 Å². The van der Waals surface area contributed by atoms with Gasteiger partial charge >= 0.3 is 0 Å². The predicted molar refractivity (Wildman–Crippen MR) is 86.0 cm³/mol. The Kier molecular flexibility index (Phi) is 4.34. The number of furan rings is 1. The first kappa shape index (κ1) is 16.7. The molecule has 5 atom stereocenters. The Morgan fingerprint density at radius 3 is 2.72 bits per heavy atom. The minimum Gasteiger partial charge on any atom is -0.459 e. The number of anilines is 1. The van der Waals surface area contributed by atoms with Gasteiger partial charge in [-0.1, -0.05) is 0 Å². The van der Waals surface area contributed by atoms with Crippen molar-refractivity contribution in [2.45, 2.75) is 43.3 Å². The second-order valence-corrected chi connectivity index (χ2v) is 6.47. The summed E-state index contributed by atoms with van der Waals surface area (Å²) in [5.74, 6) is 0.759. The zero-order valence-electron chi connectivity index (χ0n) is 13.5. The van der Waals surface area contributed by atoms with Crippen LogP contribution in [0.25, 0.3) is 11.1 Å². The zero-order chi connectivity index (χ0) is 17.6. The lowest BCUT2D eigenvalue weighted by atomic mass is 10.1. The van der Waals surface area contributed by atoms with Gasteiger partial charge < -0.3 is 34.5 Å². The average molecular weight is 351 g/mol. The highest BCUT2D eigenvalue weighted by Gasteiger charge is 2.45. The van der Waals surface area contributed by atoms with E-state index in [4.69, 9.17) is 9.15 Å². The van der Waals surface area contributed by atoms with E-state index in [1.165, 1.54) is 6.26 Å². The van der Waals surface area contributed by atoms with Gasteiger partial charge in [-0.05, 0) is 12.8 Å². The molecule has 2 fully saturated rings. The van der Waals surface area contributed by atoms with Gasteiger partial charge in [0.15, 0.2) is 17.2 Å².